The Kier molecular flexibility index (Phi) is 21.9. The van der Waals surface area contributed by atoms with Gasteiger partial charge in [-0.25, -0.2) is 14.4 Å². The maximum absolute atomic E-state index is 12.6. The lowest BCUT2D eigenvalue weighted by Gasteiger charge is -2.33. The van der Waals surface area contributed by atoms with Gasteiger partial charge in [0.05, 0.1) is 18.5 Å². The highest BCUT2D eigenvalue weighted by Gasteiger charge is 2.38. The van der Waals surface area contributed by atoms with E-state index in [4.69, 9.17) is 28.4 Å². The Morgan fingerprint density at radius 2 is 1.12 bits per heavy atom. The maximum Gasteiger partial charge on any atom is 0.508 e. The van der Waals surface area contributed by atoms with E-state index in [-0.39, 0.29) is 80.9 Å². The lowest BCUT2D eigenvalue weighted by molar-refractivity contribution is -0.158. The van der Waals surface area contributed by atoms with Gasteiger partial charge in [0, 0.05) is 63.5 Å². The third kappa shape index (κ3) is 17.5. The van der Waals surface area contributed by atoms with Crippen LogP contribution in [0.25, 0.3) is 0 Å². The molecule has 4 heterocycles. The topological polar surface area (TPSA) is 205 Å². The minimum Gasteiger partial charge on any atom is -0.462 e. The Morgan fingerprint density at radius 3 is 1.52 bits per heavy atom. The molecule has 4 fully saturated rings. The number of ether oxygens (including phenoxy) is 6. The molecule has 4 amide bonds. The summed E-state index contributed by atoms with van der Waals surface area (Å²) in [5.74, 6) is -0.409. The van der Waals surface area contributed by atoms with Gasteiger partial charge in [0.15, 0.2) is 0 Å². The summed E-state index contributed by atoms with van der Waals surface area (Å²) in [6.45, 7) is 17.7. The first kappa shape index (κ1) is 49.0. The van der Waals surface area contributed by atoms with E-state index in [1.54, 1.807) is 20.9 Å². The van der Waals surface area contributed by atoms with E-state index in [2.05, 4.69) is 13.2 Å². The summed E-state index contributed by atoms with van der Waals surface area (Å²) in [6, 6.07) is -0.0359. The van der Waals surface area contributed by atoms with E-state index in [1.807, 2.05) is 25.7 Å². The SMILES string of the molecule is C=C(C)C(=O)OCCOC(=O)OCCN1CCCC1=O.C=CN1CCCC1=O.CCC(C)(CC(C)N1CCCC1=O)C(=O)OCCOC(=O)OCCN1CCCC1=O. The van der Waals surface area contributed by atoms with Crippen molar-refractivity contribution in [3.05, 3.63) is 24.9 Å². The Balaban J connectivity index is 0.000000353. The summed E-state index contributed by atoms with van der Waals surface area (Å²) in [4.78, 5) is 98.5. The van der Waals surface area contributed by atoms with Crippen molar-refractivity contribution < 1.29 is 66.8 Å². The van der Waals surface area contributed by atoms with Gasteiger partial charge in [-0.05, 0) is 65.5 Å². The number of likely N-dealkylation sites (tertiary alicyclic amines) is 4. The molecule has 4 aliphatic rings. The lowest BCUT2D eigenvalue weighted by atomic mass is 9.81. The van der Waals surface area contributed by atoms with Gasteiger partial charge >= 0.3 is 24.2 Å². The summed E-state index contributed by atoms with van der Waals surface area (Å²) < 4.78 is 29.4. The Labute approximate surface area is 341 Å². The number of hydrogen-bond donors (Lipinski definition) is 0. The van der Waals surface area contributed by atoms with E-state index in [9.17, 15) is 38.4 Å². The van der Waals surface area contributed by atoms with Crippen LogP contribution in [-0.4, -0.2) is 152 Å². The highest BCUT2D eigenvalue weighted by molar-refractivity contribution is 5.87. The second-order valence-corrected chi connectivity index (χ2v) is 14.4. The van der Waals surface area contributed by atoms with Crippen LogP contribution in [0.5, 0.6) is 0 Å². The summed E-state index contributed by atoms with van der Waals surface area (Å²) in [6.07, 6.45) is 6.89. The molecule has 58 heavy (non-hydrogen) atoms. The lowest BCUT2D eigenvalue weighted by Crippen LogP contribution is -2.41. The van der Waals surface area contributed by atoms with Crippen LogP contribution in [0.1, 0.15) is 91.9 Å². The molecule has 0 bridgehead atoms. The molecule has 4 aliphatic heterocycles. The van der Waals surface area contributed by atoms with Crippen molar-refractivity contribution in [2.75, 3.05) is 78.9 Å². The normalized spacial score (nSPS) is 17.7. The fourth-order valence-corrected chi connectivity index (χ4v) is 6.39. The van der Waals surface area contributed by atoms with Crippen LogP contribution in [0, 0.1) is 5.41 Å². The highest BCUT2D eigenvalue weighted by Crippen LogP contribution is 2.32. The number of carbonyl (C=O) groups excluding carboxylic acids is 8. The fraction of sp³-hybridized carbons (Fsp3) is 0.700. The number of rotatable bonds is 19. The zero-order valence-corrected chi connectivity index (χ0v) is 34.6. The third-order valence-corrected chi connectivity index (χ3v) is 9.92. The third-order valence-electron chi connectivity index (χ3n) is 9.92. The smallest absolute Gasteiger partial charge is 0.462 e. The van der Waals surface area contributed by atoms with Crippen LogP contribution < -0.4 is 0 Å². The van der Waals surface area contributed by atoms with Crippen molar-refractivity contribution in [1.82, 2.24) is 19.6 Å². The molecule has 2 unspecified atom stereocenters. The van der Waals surface area contributed by atoms with Gasteiger partial charge in [-0.1, -0.05) is 20.1 Å². The Morgan fingerprint density at radius 1 is 0.672 bits per heavy atom. The van der Waals surface area contributed by atoms with Gasteiger partial charge in [-0.3, -0.25) is 24.0 Å². The summed E-state index contributed by atoms with van der Waals surface area (Å²) in [5, 5.41) is 0. The average molecular weight is 823 g/mol. The predicted molar refractivity (Wildman–Crippen MR) is 208 cm³/mol. The first-order valence-electron chi connectivity index (χ1n) is 20.0. The first-order valence-corrected chi connectivity index (χ1v) is 20.0. The minimum atomic E-state index is -0.850. The van der Waals surface area contributed by atoms with Crippen LogP contribution in [-0.2, 0) is 57.2 Å². The highest BCUT2D eigenvalue weighted by atomic mass is 16.7. The molecule has 0 aromatic heterocycles. The van der Waals surface area contributed by atoms with E-state index < -0.39 is 23.7 Å². The molecule has 2 atom stereocenters. The molecule has 4 saturated heterocycles. The summed E-state index contributed by atoms with van der Waals surface area (Å²) in [5.41, 5.74) is -0.437. The van der Waals surface area contributed by atoms with Crippen molar-refractivity contribution in [2.45, 2.75) is 97.9 Å². The van der Waals surface area contributed by atoms with Gasteiger partial charge in [-0.2, -0.15) is 0 Å². The van der Waals surface area contributed by atoms with E-state index in [1.165, 1.54) is 6.92 Å². The molecule has 0 saturated carbocycles. The zero-order chi connectivity index (χ0) is 43.1. The van der Waals surface area contributed by atoms with Crippen LogP contribution in [0.3, 0.4) is 0 Å². The van der Waals surface area contributed by atoms with Crippen LogP contribution >= 0.6 is 0 Å². The van der Waals surface area contributed by atoms with E-state index in [0.29, 0.717) is 64.7 Å². The zero-order valence-electron chi connectivity index (χ0n) is 34.6. The molecule has 0 aliphatic carbocycles. The standard InChI is InChI=1S/C21H34N2O7.C13H19NO6.C6H9NO/c1-4-21(3,15-16(2)23-10-6-8-18(23)25)19(26)28-13-14-30-20(27)29-12-11-22-9-5-7-17(22)24;1-10(2)12(16)18-8-9-20-13(17)19-7-6-14-5-3-4-11(14)15;1-2-7-5-3-4-6(7)8/h16H,4-15H2,1-3H3;1,3-9H2,2H3;2H,1,3-5H2. The molecule has 0 aromatic rings. The van der Waals surface area contributed by atoms with E-state index >= 15 is 0 Å². The van der Waals surface area contributed by atoms with Crippen LogP contribution in [0.4, 0.5) is 9.59 Å². The van der Waals surface area contributed by atoms with Crippen molar-refractivity contribution >= 4 is 47.9 Å². The number of carbonyl (C=O) groups is 8. The number of hydrogen-bond acceptors (Lipinski definition) is 14. The Hall–Kier alpha value is -5.16. The van der Waals surface area contributed by atoms with Crippen molar-refractivity contribution in [1.29, 1.82) is 0 Å². The van der Waals surface area contributed by atoms with Crippen LogP contribution in [0.15, 0.2) is 24.9 Å². The molecule has 4 rings (SSSR count). The van der Waals surface area contributed by atoms with Gasteiger partial charge in [0.25, 0.3) is 0 Å². The molecule has 0 aromatic carbocycles. The number of amides is 4. The van der Waals surface area contributed by atoms with Crippen molar-refractivity contribution in [2.24, 2.45) is 5.41 Å². The summed E-state index contributed by atoms with van der Waals surface area (Å²) >= 11 is 0. The van der Waals surface area contributed by atoms with Crippen molar-refractivity contribution in [3.63, 3.8) is 0 Å². The fourth-order valence-electron chi connectivity index (χ4n) is 6.39. The average Bonchev–Trinajstić information content (AvgIpc) is 4.01. The predicted octanol–water partition coefficient (Wildman–Crippen LogP) is 3.76. The minimum absolute atomic E-state index is 0.0359. The summed E-state index contributed by atoms with van der Waals surface area (Å²) in [7, 11) is 0. The van der Waals surface area contributed by atoms with E-state index in [0.717, 1.165) is 38.8 Å². The van der Waals surface area contributed by atoms with Gasteiger partial charge in [-0.15, -0.1) is 0 Å². The molecule has 0 radical (unpaired) electrons. The van der Waals surface area contributed by atoms with Gasteiger partial charge in [0.2, 0.25) is 23.6 Å². The molecular weight excluding hydrogens is 760 g/mol. The van der Waals surface area contributed by atoms with Crippen molar-refractivity contribution in [3.8, 4) is 0 Å². The number of nitrogens with zero attached hydrogens (tertiary/aromatic N) is 4. The van der Waals surface area contributed by atoms with Crippen LogP contribution in [0.2, 0.25) is 0 Å². The second-order valence-electron chi connectivity index (χ2n) is 14.4. The number of esters is 2. The first-order chi connectivity index (χ1) is 27.6. The molecule has 326 valence electrons. The molecule has 0 spiro atoms. The van der Waals surface area contributed by atoms with Gasteiger partial charge < -0.3 is 48.0 Å². The molecule has 18 nitrogen and oxygen atoms in total. The molecular formula is C40H62N4O14. The molecule has 18 heteroatoms. The second kappa shape index (κ2) is 26.0. The van der Waals surface area contributed by atoms with Gasteiger partial charge in [0.1, 0.15) is 39.6 Å². The maximum atomic E-state index is 12.6. The largest absolute Gasteiger partial charge is 0.508 e. The Bertz CT molecular complexity index is 1450. The monoisotopic (exact) mass is 822 g/mol. The quantitative estimate of drug-likeness (QED) is 0.0788. The molecule has 0 N–H and O–H groups in total.